The summed E-state index contributed by atoms with van der Waals surface area (Å²) in [5.74, 6) is -0.324. The first-order valence-electron chi connectivity index (χ1n) is 6.87. The number of aliphatic hydroxyl groups excluding tert-OH is 1. The molecule has 0 saturated heterocycles. The van der Waals surface area contributed by atoms with Crippen LogP contribution in [0, 0.1) is 5.82 Å². The van der Waals surface area contributed by atoms with Gasteiger partial charge in [0.1, 0.15) is 5.82 Å². The number of hydrogen-bond donors (Lipinski definition) is 1. The van der Waals surface area contributed by atoms with Crippen LogP contribution in [0.1, 0.15) is 34.8 Å². The maximum Gasteiger partial charge on any atom is 0.126 e. The molecule has 1 atom stereocenters. The Bertz CT molecular complexity index is 639. The van der Waals surface area contributed by atoms with Gasteiger partial charge in [-0.1, -0.05) is 29.8 Å². The zero-order chi connectivity index (χ0) is 14.1. The van der Waals surface area contributed by atoms with Gasteiger partial charge in [-0.05, 0) is 59.7 Å². The van der Waals surface area contributed by atoms with Crippen LogP contribution in [0.15, 0.2) is 36.4 Å². The van der Waals surface area contributed by atoms with E-state index in [-0.39, 0.29) is 12.2 Å². The topological polar surface area (TPSA) is 20.2 Å². The molecule has 1 aliphatic rings. The fourth-order valence-electron chi connectivity index (χ4n) is 2.82. The molecule has 104 valence electrons. The zero-order valence-electron chi connectivity index (χ0n) is 11.1. The summed E-state index contributed by atoms with van der Waals surface area (Å²) in [7, 11) is 0. The third kappa shape index (κ3) is 2.72. The first-order valence-corrected chi connectivity index (χ1v) is 7.25. The average Bonchev–Trinajstić information content (AvgIpc) is 2.90. The Morgan fingerprint density at radius 1 is 1.10 bits per heavy atom. The Morgan fingerprint density at radius 2 is 1.90 bits per heavy atom. The van der Waals surface area contributed by atoms with E-state index >= 15 is 0 Å². The summed E-state index contributed by atoms with van der Waals surface area (Å²) < 4.78 is 13.7. The minimum atomic E-state index is -0.700. The number of fused-ring (bicyclic) bond motifs is 1. The highest BCUT2D eigenvalue weighted by molar-refractivity contribution is 6.30. The largest absolute Gasteiger partial charge is 0.388 e. The van der Waals surface area contributed by atoms with E-state index in [1.165, 1.54) is 29.7 Å². The van der Waals surface area contributed by atoms with Gasteiger partial charge >= 0.3 is 0 Å². The molecule has 0 heterocycles. The number of halogens is 2. The van der Waals surface area contributed by atoms with E-state index < -0.39 is 6.10 Å². The summed E-state index contributed by atoms with van der Waals surface area (Å²) in [6.45, 7) is 0. The molecular formula is C17H16ClFO. The fourth-order valence-corrected chi connectivity index (χ4v) is 3.02. The molecule has 1 nitrogen and oxygen atoms in total. The predicted octanol–water partition coefficient (Wildman–Crippen LogP) is 4.24. The SMILES string of the molecule is OC(Cc1cc(Cl)ccc1F)c1ccc2c(c1)CCC2. The second-order valence-corrected chi connectivity index (χ2v) is 5.77. The quantitative estimate of drug-likeness (QED) is 0.896. The lowest BCUT2D eigenvalue weighted by atomic mass is 9.98. The zero-order valence-corrected chi connectivity index (χ0v) is 11.8. The molecule has 2 aromatic carbocycles. The lowest BCUT2D eigenvalue weighted by Crippen LogP contribution is -2.04. The minimum Gasteiger partial charge on any atom is -0.388 e. The summed E-state index contributed by atoms with van der Waals surface area (Å²) in [5, 5.41) is 10.8. The molecule has 2 aromatic rings. The number of hydrogen-bond acceptors (Lipinski definition) is 1. The minimum absolute atomic E-state index is 0.241. The van der Waals surface area contributed by atoms with Crippen LogP contribution < -0.4 is 0 Å². The molecule has 3 rings (SSSR count). The molecule has 0 aromatic heterocycles. The Kier molecular flexibility index (Phi) is 3.77. The molecule has 0 bridgehead atoms. The number of aryl methyl sites for hydroxylation is 2. The van der Waals surface area contributed by atoms with Gasteiger partial charge in [0.25, 0.3) is 0 Å². The van der Waals surface area contributed by atoms with Gasteiger partial charge < -0.3 is 5.11 Å². The third-order valence-electron chi connectivity index (χ3n) is 3.93. The normalized spacial score (nSPS) is 15.2. The van der Waals surface area contributed by atoms with Crippen molar-refractivity contribution in [2.45, 2.75) is 31.8 Å². The monoisotopic (exact) mass is 290 g/mol. The Morgan fingerprint density at radius 3 is 2.75 bits per heavy atom. The van der Waals surface area contributed by atoms with Crippen molar-refractivity contribution in [3.63, 3.8) is 0 Å². The molecule has 1 N–H and O–H groups in total. The number of aliphatic hydroxyl groups is 1. The Hall–Kier alpha value is -1.38. The molecule has 0 amide bonds. The van der Waals surface area contributed by atoms with Crippen LogP contribution in [0.2, 0.25) is 5.02 Å². The molecule has 0 saturated carbocycles. The first-order chi connectivity index (χ1) is 9.63. The molecule has 0 spiro atoms. The fraction of sp³-hybridized carbons (Fsp3) is 0.294. The number of rotatable bonds is 3. The molecule has 3 heteroatoms. The van der Waals surface area contributed by atoms with E-state index in [0.29, 0.717) is 10.6 Å². The standard InChI is InChI=1S/C17H16ClFO/c18-15-6-7-16(19)14(9-15)10-17(20)13-5-4-11-2-1-3-12(11)8-13/h4-9,17,20H,1-3,10H2. The van der Waals surface area contributed by atoms with E-state index in [2.05, 4.69) is 12.1 Å². The van der Waals surface area contributed by atoms with Gasteiger partial charge in [-0.25, -0.2) is 4.39 Å². The lowest BCUT2D eigenvalue weighted by molar-refractivity contribution is 0.177. The van der Waals surface area contributed by atoms with Crippen molar-refractivity contribution >= 4 is 11.6 Å². The molecule has 20 heavy (non-hydrogen) atoms. The van der Waals surface area contributed by atoms with Crippen LogP contribution in [0.3, 0.4) is 0 Å². The summed E-state index contributed by atoms with van der Waals surface area (Å²) in [6, 6.07) is 10.5. The average molecular weight is 291 g/mol. The Balaban J connectivity index is 1.82. The van der Waals surface area contributed by atoms with Gasteiger partial charge in [0.15, 0.2) is 0 Å². The summed E-state index contributed by atoms with van der Waals surface area (Å²) in [6.07, 6.45) is 2.91. The van der Waals surface area contributed by atoms with Gasteiger partial charge in [-0.3, -0.25) is 0 Å². The maximum atomic E-state index is 13.7. The van der Waals surface area contributed by atoms with Crippen molar-refractivity contribution in [2.75, 3.05) is 0 Å². The van der Waals surface area contributed by atoms with Gasteiger partial charge in [0.05, 0.1) is 6.10 Å². The van der Waals surface area contributed by atoms with Crippen molar-refractivity contribution in [1.82, 2.24) is 0 Å². The molecule has 0 aliphatic heterocycles. The van der Waals surface area contributed by atoms with E-state index in [4.69, 9.17) is 11.6 Å². The molecular weight excluding hydrogens is 275 g/mol. The van der Waals surface area contributed by atoms with Gasteiger partial charge in [0, 0.05) is 11.4 Å². The summed E-state index contributed by atoms with van der Waals surface area (Å²) in [5.41, 5.74) is 3.98. The highest BCUT2D eigenvalue weighted by Crippen LogP contribution is 2.28. The highest BCUT2D eigenvalue weighted by Gasteiger charge is 2.16. The van der Waals surface area contributed by atoms with Crippen molar-refractivity contribution in [2.24, 2.45) is 0 Å². The highest BCUT2D eigenvalue weighted by atomic mass is 35.5. The van der Waals surface area contributed by atoms with Crippen LogP contribution in [0.4, 0.5) is 4.39 Å². The number of benzene rings is 2. The van der Waals surface area contributed by atoms with Crippen molar-refractivity contribution in [3.05, 3.63) is 69.5 Å². The maximum absolute atomic E-state index is 13.7. The molecule has 0 fully saturated rings. The van der Waals surface area contributed by atoms with Crippen LogP contribution in [0.5, 0.6) is 0 Å². The smallest absolute Gasteiger partial charge is 0.126 e. The molecule has 0 radical (unpaired) electrons. The van der Waals surface area contributed by atoms with Gasteiger partial charge in [-0.15, -0.1) is 0 Å². The van der Waals surface area contributed by atoms with E-state index in [0.717, 1.165) is 18.4 Å². The second-order valence-electron chi connectivity index (χ2n) is 5.34. The molecule has 1 unspecified atom stereocenters. The van der Waals surface area contributed by atoms with E-state index in [1.807, 2.05) is 6.07 Å². The Labute approximate surface area is 123 Å². The van der Waals surface area contributed by atoms with E-state index in [9.17, 15) is 9.50 Å². The second kappa shape index (κ2) is 5.55. The molecule has 1 aliphatic carbocycles. The first kappa shape index (κ1) is 13.6. The van der Waals surface area contributed by atoms with Crippen LogP contribution >= 0.6 is 11.6 Å². The van der Waals surface area contributed by atoms with Crippen molar-refractivity contribution < 1.29 is 9.50 Å². The van der Waals surface area contributed by atoms with Gasteiger partial charge in [-0.2, -0.15) is 0 Å². The third-order valence-corrected chi connectivity index (χ3v) is 4.16. The van der Waals surface area contributed by atoms with Gasteiger partial charge in [0.2, 0.25) is 0 Å². The van der Waals surface area contributed by atoms with Crippen LogP contribution in [-0.4, -0.2) is 5.11 Å². The predicted molar refractivity (Wildman–Crippen MR) is 78.5 cm³/mol. The van der Waals surface area contributed by atoms with Crippen molar-refractivity contribution in [1.29, 1.82) is 0 Å². The lowest BCUT2D eigenvalue weighted by Gasteiger charge is -2.13. The van der Waals surface area contributed by atoms with Crippen LogP contribution in [0.25, 0.3) is 0 Å². The van der Waals surface area contributed by atoms with E-state index in [1.54, 1.807) is 6.07 Å². The summed E-state index contributed by atoms with van der Waals surface area (Å²) in [4.78, 5) is 0. The van der Waals surface area contributed by atoms with Crippen LogP contribution in [-0.2, 0) is 19.3 Å². The summed E-state index contributed by atoms with van der Waals surface area (Å²) >= 11 is 5.87. The van der Waals surface area contributed by atoms with Crippen molar-refractivity contribution in [3.8, 4) is 0 Å².